The van der Waals surface area contributed by atoms with Crippen LogP contribution in [-0.4, -0.2) is 30.4 Å². The molecule has 1 heterocycles. The van der Waals surface area contributed by atoms with Gasteiger partial charge in [0.25, 0.3) is 11.8 Å². The zero-order valence-electron chi connectivity index (χ0n) is 16.1. The molecule has 0 saturated carbocycles. The molecular formula is C21H17FN2O6. The van der Waals surface area contributed by atoms with Crippen molar-refractivity contribution in [3.8, 4) is 11.5 Å². The van der Waals surface area contributed by atoms with E-state index in [9.17, 15) is 23.6 Å². The maximum Gasteiger partial charge on any atom is 0.336 e. The number of urea groups is 1. The van der Waals surface area contributed by atoms with Crippen LogP contribution in [0.25, 0.3) is 6.08 Å². The molecule has 0 radical (unpaired) electrons. The first-order valence-corrected chi connectivity index (χ1v) is 8.93. The SMILES string of the molecule is CCOc1cc(/C=C2/C(=O)NC(=O)N(c3ccccc3F)C2=O)ccc1OC(C)=O. The number of carbonyl (C=O) groups is 4. The van der Waals surface area contributed by atoms with Gasteiger partial charge < -0.3 is 9.47 Å². The van der Waals surface area contributed by atoms with E-state index in [4.69, 9.17) is 9.47 Å². The molecule has 2 aromatic carbocycles. The fraction of sp³-hybridized carbons (Fsp3) is 0.143. The van der Waals surface area contributed by atoms with Crippen molar-refractivity contribution in [2.75, 3.05) is 11.5 Å². The normalized spacial score (nSPS) is 15.2. The van der Waals surface area contributed by atoms with E-state index in [0.717, 1.165) is 6.07 Å². The molecular weight excluding hydrogens is 395 g/mol. The summed E-state index contributed by atoms with van der Waals surface area (Å²) in [4.78, 5) is 49.0. The summed E-state index contributed by atoms with van der Waals surface area (Å²) in [6.45, 7) is 3.26. The largest absolute Gasteiger partial charge is 0.490 e. The number of nitrogens with one attached hydrogen (secondary N) is 1. The monoisotopic (exact) mass is 412 g/mol. The second-order valence-electron chi connectivity index (χ2n) is 6.14. The van der Waals surface area contributed by atoms with Gasteiger partial charge in [-0.1, -0.05) is 18.2 Å². The van der Waals surface area contributed by atoms with Crippen LogP contribution in [0, 0.1) is 5.82 Å². The number of benzene rings is 2. The quantitative estimate of drug-likeness (QED) is 0.351. The molecule has 0 bridgehead atoms. The van der Waals surface area contributed by atoms with Crippen LogP contribution in [0.4, 0.5) is 14.9 Å². The van der Waals surface area contributed by atoms with Gasteiger partial charge in [-0.2, -0.15) is 0 Å². The lowest BCUT2D eigenvalue weighted by molar-refractivity contribution is -0.132. The molecule has 1 aliphatic rings. The Balaban J connectivity index is 2.01. The van der Waals surface area contributed by atoms with E-state index < -0.39 is 29.6 Å². The van der Waals surface area contributed by atoms with Crippen LogP contribution < -0.4 is 19.7 Å². The Bertz CT molecular complexity index is 1080. The molecule has 1 aliphatic heterocycles. The molecule has 1 fully saturated rings. The van der Waals surface area contributed by atoms with Crippen molar-refractivity contribution in [3.63, 3.8) is 0 Å². The fourth-order valence-corrected chi connectivity index (χ4v) is 2.80. The van der Waals surface area contributed by atoms with E-state index in [0.29, 0.717) is 10.5 Å². The zero-order chi connectivity index (χ0) is 21.8. The second-order valence-corrected chi connectivity index (χ2v) is 6.14. The Hall–Kier alpha value is -4.01. The molecule has 4 amide bonds. The lowest BCUT2D eigenvalue weighted by Crippen LogP contribution is -2.54. The first kappa shape index (κ1) is 20.7. The number of nitrogens with zero attached hydrogens (tertiary/aromatic N) is 1. The molecule has 1 saturated heterocycles. The first-order valence-electron chi connectivity index (χ1n) is 8.93. The van der Waals surface area contributed by atoms with Gasteiger partial charge in [0.05, 0.1) is 12.3 Å². The summed E-state index contributed by atoms with van der Waals surface area (Å²) >= 11 is 0. The van der Waals surface area contributed by atoms with Crippen LogP contribution >= 0.6 is 0 Å². The number of hydrogen-bond acceptors (Lipinski definition) is 6. The Kier molecular flexibility index (Phi) is 5.91. The summed E-state index contributed by atoms with van der Waals surface area (Å²) in [5.74, 6) is -2.82. The van der Waals surface area contributed by atoms with Gasteiger partial charge in [0, 0.05) is 6.92 Å². The Morgan fingerprint density at radius 3 is 2.53 bits per heavy atom. The highest BCUT2D eigenvalue weighted by molar-refractivity contribution is 6.39. The second kappa shape index (κ2) is 8.56. The van der Waals surface area contributed by atoms with Crippen LogP contribution in [0.5, 0.6) is 11.5 Å². The molecule has 0 aromatic heterocycles. The molecule has 8 nitrogen and oxygen atoms in total. The number of anilines is 1. The van der Waals surface area contributed by atoms with Crippen molar-refractivity contribution >= 4 is 35.6 Å². The Morgan fingerprint density at radius 1 is 1.13 bits per heavy atom. The minimum absolute atomic E-state index is 0.175. The van der Waals surface area contributed by atoms with E-state index in [2.05, 4.69) is 0 Å². The highest BCUT2D eigenvalue weighted by atomic mass is 19.1. The first-order chi connectivity index (χ1) is 14.3. The van der Waals surface area contributed by atoms with Gasteiger partial charge in [0.15, 0.2) is 11.5 Å². The molecule has 3 rings (SSSR count). The molecule has 0 aliphatic carbocycles. The summed E-state index contributed by atoms with van der Waals surface area (Å²) in [7, 11) is 0. The van der Waals surface area contributed by atoms with Crippen molar-refractivity contribution in [1.82, 2.24) is 5.32 Å². The van der Waals surface area contributed by atoms with Crippen LogP contribution in [0.3, 0.4) is 0 Å². The molecule has 154 valence electrons. The van der Waals surface area contributed by atoms with Crippen LogP contribution in [0.2, 0.25) is 0 Å². The average molecular weight is 412 g/mol. The standard InChI is InChI=1S/C21H17FN2O6/c1-3-29-18-11-13(8-9-17(18)30-12(2)25)10-14-19(26)23-21(28)24(20(14)27)16-7-5-4-6-15(16)22/h4-11H,3H2,1-2H3,(H,23,26,28)/b14-10-. The van der Waals surface area contributed by atoms with Crippen molar-refractivity contribution in [3.05, 3.63) is 59.4 Å². The fourth-order valence-electron chi connectivity index (χ4n) is 2.80. The summed E-state index contributed by atoms with van der Waals surface area (Å²) in [5.41, 5.74) is -0.283. The molecule has 0 unspecified atom stereocenters. The molecule has 9 heteroatoms. The number of carbonyl (C=O) groups excluding carboxylic acids is 4. The van der Waals surface area contributed by atoms with Gasteiger partial charge >= 0.3 is 12.0 Å². The summed E-state index contributed by atoms with van der Waals surface area (Å²) in [6, 6.07) is 8.58. The summed E-state index contributed by atoms with van der Waals surface area (Å²) in [6.07, 6.45) is 1.23. The third-order valence-electron chi connectivity index (χ3n) is 4.03. The van der Waals surface area contributed by atoms with E-state index >= 15 is 0 Å². The smallest absolute Gasteiger partial charge is 0.336 e. The third kappa shape index (κ3) is 4.19. The predicted octanol–water partition coefficient (Wildman–Crippen LogP) is 2.82. The maximum absolute atomic E-state index is 14.1. The summed E-state index contributed by atoms with van der Waals surface area (Å²) < 4.78 is 24.6. The molecule has 2 aromatic rings. The highest BCUT2D eigenvalue weighted by Gasteiger charge is 2.37. The van der Waals surface area contributed by atoms with Gasteiger partial charge in [0.2, 0.25) is 0 Å². The molecule has 0 atom stereocenters. The number of imide groups is 2. The van der Waals surface area contributed by atoms with Gasteiger partial charge in [0.1, 0.15) is 11.4 Å². The number of ether oxygens (including phenoxy) is 2. The van der Waals surface area contributed by atoms with Crippen LogP contribution in [0.15, 0.2) is 48.0 Å². The molecule has 0 spiro atoms. The Morgan fingerprint density at radius 2 is 1.87 bits per heavy atom. The van der Waals surface area contributed by atoms with Crippen LogP contribution in [0.1, 0.15) is 19.4 Å². The number of esters is 1. The molecule has 30 heavy (non-hydrogen) atoms. The topological polar surface area (TPSA) is 102 Å². The third-order valence-corrected chi connectivity index (χ3v) is 4.03. The number of barbiturate groups is 1. The Labute approximate surface area is 170 Å². The highest BCUT2D eigenvalue weighted by Crippen LogP contribution is 2.30. The lowest BCUT2D eigenvalue weighted by atomic mass is 10.1. The van der Waals surface area contributed by atoms with E-state index in [1.165, 1.54) is 49.4 Å². The summed E-state index contributed by atoms with van der Waals surface area (Å²) in [5, 5.41) is 2.02. The number of rotatable bonds is 5. The maximum atomic E-state index is 14.1. The van der Waals surface area contributed by atoms with Crippen molar-refractivity contribution in [2.45, 2.75) is 13.8 Å². The van der Waals surface area contributed by atoms with Gasteiger partial charge in [-0.3, -0.25) is 19.7 Å². The predicted molar refractivity (Wildman–Crippen MR) is 104 cm³/mol. The van der Waals surface area contributed by atoms with Crippen molar-refractivity contribution in [1.29, 1.82) is 0 Å². The van der Waals surface area contributed by atoms with E-state index in [1.54, 1.807) is 6.92 Å². The van der Waals surface area contributed by atoms with Gasteiger partial charge in [-0.25, -0.2) is 14.1 Å². The molecule has 1 N–H and O–H groups in total. The van der Waals surface area contributed by atoms with Crippen molar-refractivity contribution in [2.24, 2.45) is 0 Å². The van der Waals surface area contributed by atoms with E-state index in [1.807, 2.05) is 5.32 Å². The lowest BCUT2D eigenvalue weighted by Gasteiger charge is -2.26. The average Bonchev–Trinajstić information content (AvgIpc) is 2.68. The number of hydrogen-bond donors (Lipinski definition) is 1. The number of para-hydroxylation sites is 1. The van der Waals surface area contributed by atoms with Gasteiger partial charge in [-0.05, 0) is 42.8 Å². The minimum Gasteiger partial charge on any atom is -0.490 e. The zero-order valence-corrected chi connectivity index (χ0v) is 16.1. The van der Waals surface area contributed by atoms with Crippen LogP contribution in [-0.2, 0) is 14.4 Å². The van der Waals surface area contributed by atoms with E-state index in [-0.39, 0.29) is 29.4 Å². The van der Waals surface area contributed by atoms with Crippen molar-refractivity contribution < 1.29 is 33.0 Å². The number of halogens is 1. The number of amides is 4. The van der Waals surface area contributed by atoms with Gasteiger partial charge in [-0.15, -0.1) is 0 Å². The minimum atomic E-state index is -1.05.